The summed E-state index contributed by atoms with van der Waals surface area (Å²) >= 11 is 0. The molecule has 0 aromatic carbocycles. The smallest absolute Gasteiger partial charge is 0.325 e. The molecule has 128 valence electrons. The van der Waals surface area contributed by atoms with E-state index in [0.717, 1.165) is 0 Å². The maximum Gasteiger partial charge on any atom is 0.325 e. The minimum Gasteiger partial charge on any atom is -0.378 e. The van der Waals surface area contributed by atoms with Crippen molar-refractivity contribution in [3.63, 3.8) is 0 Å². The zero-order chi connectivity index (χ0) is 17.4. The average molecular weight is 342 g/mol. The van der Waals surface area contributed by atoms with Crippen LogP contribution in [0, 0.1) is 0 Å². The first kappa shape index (κ1) is 15.2. The van der Waals surface area contributed by atoms with Gasteiger partial charge in [-0.25, -0.2) is 14.8 Å². The van der Waals surface area contributed by atoms with Crippen LogP contribution in [0.5, 0.6) is 0 Å². The number of ether oxygens (including phenoxy) is 1. The van der Waals surface area contributed by atoms with Crippen LogP contribution in [0.15, 0.2) is 22.0 Å². The summed E-state index contributed by atoms with van der Waals surface area (Å²) < 4.78 is 5.35. The van der Waals surface area contributed by atoms with Gasteiger partial charge < -0.3 is 20.4 Å². The predicted molar refractivity (Wildman–Crippen MR) is 89.2 cm³/mol. The fourth-order valence-electron chi connectivity index (χ4n) is 2.63. The molecule has 0 atom stereocenters. The Morgan fingerprint density at radius 1 is 1.16 bits per heavy atom. The van der Waals surface area contributed by atoms with Crippen molar-refractivity contribution in [2.45, 2.75) is 0 Å². The number of hydrogen-bond donors (Lipinski definition) is 3. The third kappa shape index (κ3) is 2.80. The van der Waals surface area contributed by atoms with Gasteiger partial charge >= 0.3 is 5.69 Å². The molecule has 0 bridgehead atoms. The maximum absolute atomic E-state index is 12.0. The average Bonchev–Trinajstić information content (AvgIpc) is 2.61. The highest BCUT2D eigenvalue weighted by atomic mass is 16.5. The number of nitrogens with zero attached hydrogens (tertiary/aromatic N) is 5. The van der Waals surface area contributed by atoms with Gasteiger partial charge in [-0.3, -0.25) is 9.78 Å². The van der Waals surface area contributed by atoms with Gasteiger partial charge in [-0.15, -0.1) is 0 Å². The van der Waals surface area contributed by atoms with Crippen LogP contribution in [0.25, 0.3) is 22.4 Å². The van der Waals surface area contributed by atoms with Crippen molar-refractivity contribution in [3.8, 4) is 11.3 Å². The Bertz CT molecular complexity index is 1050. The number of rotatable bonds is 2. The Morgan fingerprint density at radius 2 is 1.96 bits per heavy atom. The second kappa shape index (κ2) is 5.94. The molecule has 1 aliphatic heterocycles. The summed E-state index contributed by atoms with van der Waals surface area (Å²) in [5, 5.41) is 0. The Hall–Kier alpha value is -3.34. The van der Waals surface area contributed by atoms with E-state index in [1.807, 2.05) is 4.90 Å². The van der Waals surface area contributed by atoms with Gasteiger partial charge in [0.2, 0.25) is 5.95 Å². The number of fused-ring (bicyclic) bond motifs is 1. The molecule has 0 aliphatic carbocycles. The first-order valence-corrected chi connectivity index (χ1v) is 7.57. The summed E-state index contributed by atoms with van der Waals surface area (Å²) in [6.07, 6.45) is 2.70. The van der Waals surface area contributed by atoms with E-state index >= 15 is 0 Å². The Balaban J connectivity index is 1.90. The number of aromatic amines is 2. The summed E-state index contributed by atoms with van der Waals surface area (Å²) in [4.78, 5) is 46.8. The number of nitrogens with two attached hydrogens (primary N) is 1. The van der Waals surface area contributed by atoms with E-state index in [1.165, 1.54) is 12.4 Å². The van der Waals surface area contributed by atoms with E-state index < -0.39 is 11.2 Å². The third-order valence-corrected chi connectivity index (χ3v) is 3.81. The molecule has 4 rings (SSSR count). The van der Waals surface area contributed by atoms with E-state index in [-0.39, 0.29) is 11.5 Å². The summed E-state index contributed by atoms with van der Waals surface area (Å²) in [6.45, 7) is 2.41. The molecule has 3 aromatic rings. The molecule has 1 aliphatic rings. The van der Waals surface area contributed by atoms with Gasteiger partial charge in [0.15, 0.2) is 17.0 Å². The van der Waals surface area contributed by atoms with Crippen molar-refractivity contribution in [2.75, 3.05) is 36.9 Å². The van der Waals surface area contributed by atoms with Crippen molar-refractivity contribution in [2.24, 2.45) is 0 Å². The van der Waals surface area contributed by atoms with Crippen molar-refractivity contribution in [1.29, 1.82) is 0 Å². The summed E-state index contributed by atoms with van der Waals surface area (Å²) in [7, 11) is 0. The van der Waals surface area contributed by atoms with Crippen LogP contribution in [0.2, 0.25) is 0 Å². The molecule has 0 amide bonds. The number of nitrogen functional groups attached to an aromatic ring is 1. The summed E-state index contributed by atoms with van der Waals surface area (Å²) in [5.74, 6) is 0.638. The molecular formula is C14H14N8O3. The first-order valence-electron chi connectivity index (χ1n) is 7.57. The largest absolute Gasteiger partial charge is 0.378 e. The number of anilines is 2. The zero-order valence-electron chi connectivity index (χ0n) is 13.0. The molecule has 0 saturated carbocycles. The molecular weight excluding hydrogens is 328 g/mol. The van der Waals surface area contributed by atoms with Crippen molar-refractivity contribution in [1.82, 2.24) is 29.9 Å². The quantitative estimate of drug-likeness (QED) is 0.525. The first-order chi connectivity index (χ1) is 12.1. The molecule has 3 aromatic heterocycles. The van der Waals surface area contributed by atoms with Crippen molar-refractivity contribution in [3.05, 3.63) is 33.2 Å². The zero-order valence-corrected chi connectivity index (χ0v) is 13.0. The molecule has 11 nitrogen and oxygen atoms in total. The lowest BCUT2D eigenvalue weighted by atomic mass is 10.2. The van der Waals surface area contributed by atoms with E-state index in [1.54, 1.807) is 0 Å². The summed E-state index contributed by atoms with van der Waals surface area (Å²) in [5.41, 5.74) is 5.89. The second-order valence-corrected chi connectivity index (χ2v) is 5.42. The van der Waals surface area contributed by atoms with E-state index in [4.69, 9.17) is 10.5 Å². The minimum absolute atomic E-state index is 0.0953. The molecule has 11 heteroatoms. The number of morpholine rings is 1. The maximum atomic E-state index is 12.0. The fourth-order valence-corrected chi connectivity index (χ4v) is 2.63. The van der Waals surface area contributed by atoms with Crippen LogP contribution < -0.4 is 21.9 Å². The van der Waals surface area contributed by atoms with Crippen LogP contribution >= 0.6 is 0 Å². The predicted octanol–water partition coefficient (Wildman–Crippen LogP) is -1.12. The van der Waals surface area contributed by atoms with E-state index in [9.17, 15) is 9.59 Å². The van der Waals surface area contributed by atoms with Crippen molar-refractivity contribution >= 4 is 22.9 Å². The Labute approximate surface area is 139 Å². The lowest BCUT2D eigenvalue weighted by Crippen LogP contribution is -2.37. The van der Waals surface area contributed by atoms with E-state index in [0.29, 0.717) is 49.0 Å². The van der Waals surface area contributed by atoms with Crippen LogP contribution in [0.3, 0.4) is 0 Å². The van der Waals surface area contributed by atoms with E-state index in [2.05, 4.69) is 29.9 Å². The highest BCUT2D eigenvalue weighted by molar-refractivity contribution is 5.85. The van der Waals surface area contributed by atoms with Crippen LogP contribution in [-0.4, -0.2) is 56.2 Å². The highest BCUT2D eigenvalue weighted by Crippen LogP contribution is 2.24. The standard InChI is InChI=1S/C14H14N8O3/c15-13-19-10-9(11(20-13)22-1-3-25-4-2-22)18-8(6-16-10)7-5-17-14(24)21-12(7)23/h5-6H,1-4H2,(H2,15,16,19,20)(H2,17,21,23,24). The number of aromatic nitrogens is 6. The molecule has 4 N–H and O–H groups in total. The molecule has 0 radical (unpaired) electrons. The SMILES string of the molecule is Nc1nc(N2CCOCC2)c2nc(-c3c[nH]c(=O)[nH]c3=O)cnc2n1. The minimum atomic E-state index is -0.590. The van der Waals surface area contributed by atoms with Crippen molar-refractivity contribution < 1.29 is 4.74 Å². The van der Waals surface area contributed by atoms with Gasteiger partial charge in [0, 0.05) is 19.3 Å². The number of hydrogen-bond acceptors (Lipinski definition) is 9. The lowest BCUT2D eigenvalue weighted by molar-refractivity contribution is 0.122. The lowest BCUT2D eigenvalue weighted by Gasteiger charge is -2.28. The molecule has 25 heavy (non-hydrogen) atoms. The Kier molecular flexibility index (Phi) is 3.61. The van der Waals surface area contributed by atoms with Crippen LogP contribution in [0.1, 0.15) is 0 Å². The highest BCUT2D eigenvalue weighted by Gasteiger charge is 2.19. The summed E-state index contributed by atoms with van der Waals surface area (Å²) in [6, 6.07) is 0. The molecule has 0 spiro atoms. The molecule has 1 saturated heterocycles. The van der Waals surface area contributed by atoms with Crippen LogP contribution in [-0.2, 0) is 4.74 Å². The molecule has 0 unspecified atom stereocenters. The monoisotopic (exact) mass is 342 g/mol. The Morgan fingerprint density at radius 3 is 2.72 bits per heavy atom. The molecule has 1 fully saturated rings. The second-order valence-electron chi connectivity index (χ2n) is 5.42. The topological polar surface area (TPSA) is 156 Å². The van der Waals surface area contributed by atoms with Gasteiger partial charge in [0.05, 0.1) is 30.7 Å². The van der Waals surface area contributed by atoms with Gasteiger partial charge in [0.25, 0.3) is 5.56 Å². The normalized spacial score (nSPS) is 14.8. The van der Waals surface area contributed by atoms with Gasteiger partial charge in [-0.1, -0.05) is 0 Å². The van der Waals surface area contributed by atoms with Crippen LogP contribution in [0.4, 0.5) is 11.8 Å². The number of H-pyrrole nitrogens is 2. The fraction of sp³-hybridized carbons (Fsp3) is 0.286. The van der Waals surface area contributed by atoms with Gasteiger partial charge in [0.1, 0.15) is 0 Å². The third-order valence-electron chi connectivity index (χ3n) is 3.81. The number of nitrogens with one attached hydrogen (secondary N) is 2. The van der Waals surface area contributed by atoms with Gasteiger partial charge in [-0.05, 0) is 0 Å². The molecule has 4 heterocycles. The van der Waals surface area contributed by atoms with Gasteiger partial charge in [-0.2, -0.15) is 9.97 Å².